The van der Waals surface area contributed by atoms with Crippen molar-refractivity contribution < 1.29 is 9.18 Å². The summed E-state index contributed by atoms with van der Waals surface area (Å²) in [5.74, 6) is -1.24. The van der Waals surface area contributed by atoms with Crippen LogP contribution in [0.25, 0.3) is 0 Å². The first-order valence-corrected chi connectivity index (χ1v) is 6.42. The van der Waals surface area contributed by atoms with E-state index in [2.05, 4.69) is 0 Å². The van der Waals surface area contributed by atoms with E-state index in [0.717, 1.165) is 0 Å². The predicted octanol–water partition coefficient (Wildman–Crippen LogP) is 4.36. The van der Waals surface area contributed by atoms with Gasteiger partial charge in [0.25, 0.3) is 0 Å². The number of hydrogen-bond donors (Lipinski definition) is 0. The van der Waals surface area contributed by atoms with Crippen LogP contribution in [0.4, 0.5) is 4.39 Å². The Morgan fingerprint density at radius 2 is 1.95 bits per heavy atom. The van der Waals surface area contributed by atoms with E-state index in [0.29, 0.717) is 16.1 Å². The zero-order valence-corrected chi connectivity index (χ0v) is 11.3. The predicted molar refractivity (Wildman–Crippen MR) is 75.2 cm³/mol. The van der Waals surface area contributed by atoms with E-state index in [9.17, 15) is 9.18 Å². The van der Waals surface area contributed by atoms with Crippen LogP contribution in [-0.2, 0) is 0 Å². The molecule has 1 unspecified atom stereocenters. The van der Waals surface area contributed by atoms with Crippen molar-refractivity contribution in [1.82, 2.24) is 0 Å². The number of ketones is 1. The maximum atomic E-state index is 13.2. The van der Waals surface area contributed by atoms with Gasteiger partial charge in [-0.1, -0.05) is 23.7 Å². The normalized spacial score (nSPS) is 11.7. The molecule has 0 amide bonds. The van der Waals surface area contributed by atoms with E-state index in [-0.39, 0.29) is 12.2 Å². The molecule has 0 aliphatic heterocycles. The van der Waals surface area contributed by atoms with Crippen LogP contribution in [0.1, 0.15) is 28.3 Å². The third-order valence-corrected chi connectivity index (χ3v) is 3.21. The lowest BCUT2D eigenvalue weighted by atomic mass is 9.93. The highest BCUT2D eigenvalue weighted by atomic mass is 35.5. The van der Waals surface area contributed by atoms with Crippen LogP contribution in [0.3, 0.4) is 0 Å². The fourth-order valence-corrected chi connectivity index (χ4v) is 2.03. The molecule has 0 saturated carbocycles. The maximum absolute atomic E-state index is 13.2. The maximum Gasteiger partial charge on any atom is 0.164 e. The van der Waals surface area contributed by atoms with Gasteiger partial charge in [-0.2, -0.15) is 5.26 Å². The van der Waals surface area contributed by atoms with Crippen LogP contribution in [0.15, 0.2) is 48.5 Å². The lowest BCUT2D eigenvalue weighted by molar-refractivity contribution is 0.0979. The van der Waals surface area contributed by atoms with Crippen molar-refractivity contribution in [2.75, 3.05) is 0 Å². The van der Waals surface area contributed by atoms with Gasteiger partial charge in [-0.15, -0.1) is 0 Å². The Morgan fingerprint density at radius 1 is 1.25 bits per heavy atom. The van der Waals surface area contributed by atoms with Gasteiger partial charge in [-0.05, 0) is 42.0 Å². The molecular weight excluding hydrogens is 277 g/mol. The lowest BCUT2D eigenvalue weighted by Gasteiger charge is -2.09. The Hall–Kier alpha value is -2.18. The number of rotatable bonds is 4. The molecule has 100 valence electrons. The molecule has 0 saturated heterocycles. The molecule has 0 N–H and O–H groups in total. The zero-order valence-electron chi connectivity index (χ0n) is 10.5. The summed E-state index contributed by atoms with van der Waals surface area (Å²) in [4.78, 5) is 12.1. The van der Waals surface area contributed by atoms with Crippen LogP contribution >= 0.6 is 11.6 Å². The van der Waals surface area contributed by atoms with Gasteiger partial charge in [-0.25, -0.2) is 4.39 Å². The quantitative estimate of drug-likeness (QED) is 0.784. The van der Waals surface area contributed by atoms with Crippen LogP contribution < -0.4 is 0 Å². The third-order valence-electron chi connectivity index (χ3n) is 2.96. The van der Waals surface area contributed by atoms with Gasteiger partial charge < -0.3 is 0 Å². The Labute approximate surface area is 121 Å². The second kappa shape index (κ2) is 6.31. The van der Waals surface area contributed by atoms with Gasteiger partial charge in [-0.3, -0.25) is 4.79 Å². The van der Waals surface area contributed by atoms with E-state index in [1.54, 1.807) is 30.3 Å². The molecule has 20 heavy (non-hydrogen) atoms. The molecule has 2 aromatic rings. The van der Waals surface area contributed by atoms with Gasteiger partial charge in [0.15, 0.2) is 5.78 Å². The summed E-state index contributed by atoms with van der Waals surface area (Å²) in [7, 11) is 0. The Morgan fingerprint density at radius 3 is 2.55 bits per heavy atom. The highest BCUT2D eigenvalue weighted by molar-refractivity contribution is 6.30. The third kappa shape index (κ3) is 3.43. The topological polar surface area (TPSA) is 40.9 Å². The van der Waals surface area contributed by atoms with Gasteiger partial charge in [0, 0.05) is 17.0 Å². The average molecular weight is 288 g/mol. The van der Waals surface area contributed by atoms with E-state index in [1.807, 2.05) is 6.07 Å². The highest BCUT2D eigenvalue weighted by Crippen LogP contribution is 2.22. The molecule has 0 spiro atoms. The van der Waals surface area contributed by atoms with Crippen molar-refractivity contribution in [2.24, 2.45) is 0 Å². The Balaban J connectivity index is 2.17. The first kappa shape index (κ1) is 14.2. The molecular formula is C16H11ClFNO. The molecule has 0 bridgehead atoms. The summed E-state index contributed by atoms with van der Waals surface area (Å²) in [6.07, 6.45) is 0.0155. The smallest absolute Gasteiger partial charge is 0.164 e. The summed E-state index contributed by atoms with van der Waals surface area (Å²) in [5.41, 5.74) is 1.00. The summed E-state index contributed by atoms with van der Waals surface area (Å²) >= 11 is 5.76. The van der Waals surface area contributed by atoms with Crippen LogP contribution in [0, 0.1) is 17.1 Å². The highest BCUT2D eigenvalue weighted by Gasteiger charge is 2.17. The van der Waals surface area contributed by atoms with Crippen molar-refractivity contribution >= 4 is 17.4 Å². The van der Waals surface area contributed by atoms with E-state index < -0.39 is 11.7 Å². The number of hydrogen-bond acceptors (Lipinski definition) is 2. The first-order chi connectivity index (χ1) is 9.60. The van der Waals surface area contributed by atoms with E-state index in [1.165, 1.54) is 18.2 Å². The van der Waals surface area contributed by atoms with E-state index in [4.69, 9.17) is 16.9 Å². The van der Waals surface area contributed by atoms with Crippen molar-refractivity contribution in [3.05, 3.63) is 70.5 Å². The van der Waals surface area contributed by atoms with Crippen molar-refractivity contribution in [2.45, 2.75) is 12.3 Å². The summed E-state index contributed by atoms with van der Waals surface area (Å²) < 4.78 is 13.2. The fourth-order valence-electron chi connectivity index (χ4n) is 1.90. The number of Topliss-reactive ketones (excluding diaryl/α,β-unsaturated/α-hetero) is 1. The van der Waals surface area contributed by atoms with Gasteiger partial charge in [0.2, 0.25) is 0 Å². The number of nitrogens with zero attached hydrogens (tertiary/aromatic N) is 1. The monoisotopic (exact) mass is 287 g/mol. The minimum Gasteiger partial charge on any atom is -0.294 e. The summed E-state index contributed by atoms with van der Waals surface area (Å²) in [5, 5.41) is 9.71. The largest absolute Gasteiger partial charge is 0.294 e. The molecule has 2 nitrogen and oxygen atoms in total. The standard InChI is InChI=1S/C16H11ClFNO/c17-14-6-4-11(5-7-14)16(20)9-13(10-19)12-2-1-3-15(18)8-12/h1-8,13H,9H2. The first-order valence-electron chi connectivity index (χ1n) is 6.04. The van der Waals surface area contributed by atoms with Gasteiger partial charge in [0.05, 0.1) is 12.0 Å². The number of carbonyl (C=O) groups excluding carboxylic acids is 1. The second-order valence-electron chi connectivity index (χ2n) is 4.37. The van der Waals surface area contributed by atoms with Crippen LogP contribution in [0.5, 0.6) is 0 Å². The van der Waals surface area contributed by atoms with Crippen molar-refractivity contribution in [1.29, 1.82) is 5.26 Å². The number of nitriles is 1. The lowest BCUT2D eigenvalue weighted by Crippen LogP contribution is -2.06. The molecule has 0 radical (unpaired) electrons. The molecule has 0 aliphatic carbocycles. The molecule has 0 fully saturated rings. The Bertz CT molecular complexity index is 661. The Kier molecular flexibility index (Phi) is 4.49. The van der Waals surface area contributed by atoms with Crippen LogP contribution in [0.2, 0.25) is 5.02 Å². The SMILES string of the molecule is N#CC(CC(=O)c1ccc(Cl)cc1)c1cccc(F)c1. The zero-order chi connectivity index (χ0) is 14.5. The van der Waals surface area contributed by atoms with Crippen LogP contribution in [-0.4, -0.2) is 5.78 Å². The molecule has 0 aliphatic rings. The number of halogens is 2. The average Bonchev–Trinajstić information content (AvgIpc) is 2.45. The minimum absolute atomic E-state index is 0.0155. The van der Waals surface area contributed by atoms with Crippen molar-refractivity contribution in [3.8, 4) is 6.07 Å². The fraction of sp³-hybridized carbons (Fsp3) is 0.125. The van der Waals surface area contributed by atoms with E-state index >= 15 is 0 Å². The number of carbonyl (C=O) groups is 1. The molecule has 0 heterocycles. The number of benzene rings is 2. The van der Waals surface area contributed by atoms with Crippen molar-refractivity contribution in [3.63, 3.8) is 0 Å². The second-order valence-corrected chi connectivity index (χ2v) is 4.81. The molecule has 4 heteroatoms. The molecule has 0 aromatic heterocycles. The minimum atomic E-state index is -0.658. The summed E-state index contributed by atoms with van der Waals surface area (Å²) in [6, 6.07) is 14.3. The van der Waals surface area contributed by atoms with Gasteiger partial charge >= 0.3 is 0 Å². The molecule has 1 atom stereocenters. The molecule has 2 rings (SSSR count). The summed E-state index contributed by atoms with van der Waals surface area (Å²) in [6.45, 7) is 0. The van der Waals surface area contributed by atoms with Gasteiger partial charge in [0.1, 0.15) is 5.82 Å². The molecule has 2 aromatic carbocycles.